The van der Waals surface area contributed by atoms with Gasteiger partial charge >= 0.3 is 0 Å². The van der Waals surface area contributed by atoms with E-state index >= 15 is 0 Å². The van der Waals surface area contributed by atoms with E-state index in [1.165, 1.54) is 0 Å². The molecule has 0 aromatic carbocycles. The number of nitrogens with zero attached hydrogens (tertiary/aromatic N) is 3. The molecule has 0 saturated heterocycles. The van der Waals surface area contributed by atoms with Crippen molar-refractivity contribution in [2.75, 3.05) is 32.7 Å². The predicted octanol–water partition coefficient (Wildman–Crippen LogP) is 2.59. The van der Waals surface area contributed by atoms with Gasteiger partial charge in [-0.25, -0.2) is 4.99 Å². The number of hydrogen-bond donors (Lipinski definition) is 2. The lowest BCUT2D eigenvalue weighted by molar-refractivity contribution is 0.300. The Morgan fingerprint density at radius 3 is 2.57 bits per heavy atom. The van der Waals surface area contributed by atoms with Crippen molar-refractivity contribution in [1.29, 1.82) is 0 Å². The highest BCUT2D eigenvalue weighted by molar-refractivity contribution is 5.79. The maximum absolute atomic E-state index is 5.32. The third kappa shape index (κ3) is 7.50. The van der Waals surface area contributed by atoms with E-state index < -0.39 is 0 Å². The zero-order valence-electron chi connectivity index (χ0n) is 15.4. The standard InChI is InChI=1S/C17H33N5O/c1-6-18-17(19-10-9-11-22(7-2)8-3)20-13-15-12-16(14(4)5)21-23-15/h12,14H,6-11,13H2,1-5H3,(H2,18,19,20). The number of nitrogens with one attached hydrogen (secondary N) is 2. The zero-order chi connectivity index (χ0) is 17.1. The molecule has 0 saturated carbocycles. The number of guanidine groups is 1. The van der Waals surface area contributed by atoms with Gasteiger partial charge in [-0.15, -0.1) is 0 Å². The first kappa shape index (κ1) is 19.5. The van der Waals surface area contributed by atoms with Gasteiger partial charge in [0.05, 0.1) is 5.69 Å². The summed E-state index contributed by atoms with van der Waals surface area (Å²) in [6.45, 7) is 16.3. The van der Waals surface area contributed by atoms with E-state index in [2.05, 4.69) is 60.3 Å². The smallest absolute Gasteiger partial charge is 0.191 e. The van der Waals surface area contributed by atoms with Gasteiger partial charge in [-0.05, 0) is 38.9 Å². The summed E-state index contributed by atoms with van der Waals surface area (Å²) in [6.07, 6.45) is 1.10. The molecule has 6 heteroatoms. The molecule has 0 atom stereocenters. The van der Waals surface area contributed by atoms with E-state index in [4.69, 9.17) is 4.52 Å². The highest BCUT2D eigenvalue weighted by Crippen LogP contribution is 2.14. The van der Waals surface area contributed by atoms with Crippen molar-refractivity contribution in [2.45, 2.75) is 53.5 Å². The highest BCUT2D eigenvalue weighted by atomic mass is 16.5. The SMILES string of the molecule is CCNC(=NCc1cc(C(C)C)no1)NCCCN(CC)CC. The summed E-state index contributed by atoms with van der Waals surface area (Å²) < 4.78 is 5.32. The van der Waals surface area contributed by atoms with E-state index in [1.807, 2.05) is 6.07 Å². The molecule has 0 aliphatic carbocycles. The average molecular weight is 323 g/mol. The summed E-state index contributed by atoms with van der Waals surface area (Å²) in [6, 6.07) is 1.98. The molecular formula is C17H33N5O. The minimum atomic E-state index is 0.378. The van der Waals surface area contributed by atoms with Crippen LogP contribution in [0.25, 0.3) is 0 Å². The van der Waals surface area contributed by atoms with Gasteiger partial charge in [0.15, 0.2) is 11.7 Å². The molecule has 0 aliphatic rings. The van der Waals surface area contributed by atoms with Crippen molar-refractivity contribution in [3.05, 3.63) is 17.5 Å². The van der Waals surface area contributed by atoms with Crippen molar-refractivity contribution >= 4 is 5.96 Å². The molecule has 1 aromatic heterocycles. The first-order valence-electron chi connectivity index (χ1n) is 8.80. The average Bonchev–Trinajstić information content (AvgIpc) is 3.02. The molecule has 132 valence electrons. The second-order valence-corrected chi connectivity index (χ2v) is 5.88. The Labute approximate surface area is 140 Å². The van der Waals surface area contributed by atoms with Crippen molar-refractivity contribution in [1.82, 2.24) is 20.7 Å². The molecule has 0 bridgehead atoms. The monoisotopic (exact) mass is 323 g/mol. The molecule has 1 rings (SSSR count). The molecule has 0 unspecified atom stereocenters. The molecule has 2 N–H and O–H groups in total. The van der Waals surface area contributed by atoms with Crippen molar-refractivity contribution < 1.29 is 4.52 Å². The van der Waals surface area contributed by atoms with Crippen LogP contribution in [0.4, 0.5) is 0 Å². The lowest BCUT2D eigenvalue weighted by Gasteiger charge is -2.18. The van der Waals surface area contributed by atoms with E-state index in [0.29, 0.717) is 12.5 Å². The van der Waals surface area contributed by atoms with Crippen LogP contribution in [0, 0.1) is 0 Å². The van der Waals surface area contributed by atoms with Crippen molar-refractivity contribution in [2.24, 2.45) is 4.99 Å². The molecule has 0 fully saturated rings. The Bertz CT molecular complexity index is 452. The molecule has 23 heavy (non-hydrogen) atoms. The predicted molar refractivity (Wildman–Crippen MR) is 95.8 cm³/mol. The summed E-state index contributed by atoms with van der Waals surface area (Å²) in [5.74, 6) is 2.01. The summed E-state index contributed by atoms with van der Waals surface area (Å²) in [4.78, 5) is 6.98. The summed E-state index contributed by atoms with van der Waals surface area (Å²) >= 11 is 0. The maximum atomic E-state index is 5.32. The van der Waals surface area contributed by atoms with Crippen LogP contribution in [0.1, 0.15) is 58.4 Å². The van der Waals surface area contributed by atoms with Crippen LogP contribution < -0.4 is 10.6 Å². The summed E-state index contributed by atoms with van der Waals surface area (Å²) in [5.41, 5.74) is 0.979. The van der Waals surface area contributed by atoms with Crippen LogP contribution in [-0.2, 0) is 6.54 Å². The second-order valence-electron chi connectivity index (χ2n) is 5.88. The van der Waals surface area contributed by atoms with Gasteiger partial charge in [0.1, 0.15) is 6.54 Å². The zero-order valence-corrected chi connectivity index (χ0v) is 15.4. The molecule has 1 aromatic rings. The first-order valence-corrected chi connectivity index (χ1v) is 8.80. The fourth-order valence-corrected chi connectivity index (χ4v) is 2.22. The number of rotatable bonds is 10. The Morgan fingerprint density at radius 1 is 1.26 bits per heavy atom. The lowest BCUT2D eigenvalue weighted by atomic mass is 10.1. The molecular weight excluding hydrogens is 290 g/mol. The van der Waals surface area contributed by atoms with Gasteiger partial charge in [0.2, 0.25) is 0 Å². The third-order valence-corrected chi connectivity index (χ3v) is 3.74. The minimum Gasteiger partial charge on any atom is -0.359 e. The largest absolute Gasteiger partial charge is 0.359 e. The number of aliphatic imine (C=N–C) groups is 1. The van der Waals surface area contributed by atoms with Crippen molar-refractivity contribution in [3.63, 3.8) is 0 Å². The van der Waals surface area contributed by atoms with Crippen molar-refractivity contribution in [3.8, 4) is 0 Å². The van der Waals surface area contributed by atoms with Gasteiger partial charge in [0, 0.05) is 19.2 Å². The van der Waals surface area contributed by atoms with E-state index in [-0.39, 0.29) is 0 Å². The maximum Gasteiger partial charge on any atom is 0.191 e. The molecule has 0 aliphatic heterocycles. The van der Waals surface area contributed by atoms with E-state index in [9.17, 15) is 0 Å². The van der Waals surface area contributed by atoms with Gasteiger partial charge in [-0.3, -0.25) is 0 Å². The Hall–Kier alpha value is -1.56. The van der Waals surface area contributed by atoms with Crippen LogP contribution >= 0.6 is 0 Å². The fourth-order valence-electron chi connectivity index (χ4n) is 2.22. The summed E-state index contributed by atoms with van der Waals surface area (Å²) in [7, 11) is 0. The van der Waals surface area contributed by atoms with Gasteiger partial charge in [-0.1, -0.05) is 32.9 Å². The fraction of sp³-hybridized carbons (Fsp3) is 0.765. The second kappa shape index (κ2) is 11.0. The topological polar surface area (TPSA) is 65.7 Å². The molecule has 0 spiro atoms. The van der Waals surface area contributed by atoms with Gasteiger partial charge in [-0.2, -0.15) is 0 Å². The molecule has 1 heterocycles. The molecule has 0 radical (unpaired) electrons. The number of hydrogen-bond acceptors (Lipinski definition) is 4. The van der Waals surface area contributed by atoms with E-state index in [0.717, 1.165) is 56.6 Å². The Kier molecular flexibility index (Phi) is 9.36. The van der Waals surface area contributed by atoms with Crippen LogP contribution in [-0.4, -0.2) is 48.7 Å². The Balaban J connectivity index is 2.43. The number of aromatic nitrogens is 1. The van der Waals surface area contributed by atoms with Gasteiger partial charge < -0.3 is 20.1 Å². The molecule has 0 amide bonds. The van der Waals surface area contributed by atoms with E-state index in [1.54, 1.807) is 0 Å². The molecule has 6 nitrogen and oxygen atoms in total. The Morgan fingerprint density at radius 2 is 2.00 bits per heavy atom. The quantitative estimate of drug-likeness (QED) is 0.393. The first-order chi connectivity index (χ1) is 11.1. The van der Waals surface area contributed by atoms with Crippen LogP contribution in [0.3, 0.4) is 0 Å². The van der Waals surface area contributed by atoms with Crippen LogP contribution in [0.2, 0.25) is 0 Å². The highest BCUT2D eigenvalue weighted by Gasteiger charge is 2.07. The van der Waals surface area contributed by atoms with Crippen LogP contribution in [0.5, 0.6) is 0 Å². The minimum absolute atomic E-state index is 0.378. The van der Waals surface area contributed by atoms with Crippen LogP contribution in [0.15, 0.2) is 15.6 Å². The third-order valence-electron chi connectivity index (χ3n) is 3.74. The van der Waals surface area contributed by atoms with Gasteiger partial charge in [0.25, 0.3) is 0 Å². The normalized spacial score (nSPS) is 12.2. The lowest BCUT2D eigenvalue weighted by Crippen LogP contribution is -2.38. The summed E-state index contributed by atoms with van der Waals surface area (Å²) in [5, 5.41) is 10.7.